The number of aryl methyl sites for hydroxylation is 1. The maximum Gasteiger partial charge on any atom is 0.270 e. The van der Waals surface area contributed by atoms with Gasteiger partial charge in [0.2, 0.25) is 11.8 Å². The van der Waals surface area contributed by atoms with Crippen molar-refractivity contribution in [3.63, 3.8) is 0 Å². The lowest BCUT2D eigenvalue weighted by Gasteiger charge is -2.38. The number of hydrogen-bond donors (Lipinski definition) is 1. The molecule has 0 spiro atoms. The third-order valence-electron chi connectivity index (χ3n) is 6.91. The molecule has 32 heavy (non-hydrogen) atoms. The summed E-state index contributed by atoms with van der Waals surface area (Å²) in [5.41, 5.74) is 7.64. The van der Waals surface area contributed by atoms with Gasteiger partial charge in [-0.15, -0.1) is 0 Å². The third-order valence-corrected chi connectivity index (χ3v) is 6.91. The van der Waals surface area contributed by atoms with Gasteiger partial charge in [0.05, 0.1) is 18.7 Å². The second kappa shape index (κ2) is 8.69. The van der Waals surface area contributed by atoms with Crippen LogP contribution in [0.25, 0.3) is 10.9 Å². The van der Waals surface area contributed by atoms with Crippen molar-refractivity contribution in [1.82, 2.24) is 14.4 Å². The van der Waals surface area contributed by atoms with E-state index in [2.05, 4.69) is 0 Å². The van der Waals surface area contributed by atoms with Crippen LogP contribution in [0.1, 0.15) is 36.2 Å². The lowest BCUT2D eigenvalue weighted by atomic mass is 9.82. The Balaban J connectivity index is 1.37. The summed E-state index contributed by atoms with van der Waals surface area (Å²) in [6.07, 6.45) is 0.115. The van der Waals surface area contributed by atoms with Crippen LogP contribution in [0.2, 0.25) is 0 Å². The molecule has 1 aromatic carbocycles. The molecule has 2 aromatic rings. The molecule has 174 valence electrons. The monoisotopic (exact) mass is 448 g/mol. The number of fused-ring (bicyclic) bond motifs is 1. The Labute approximate surface area is 186 Å². The molecule has 2 aliphatic rings. The third kappa shape index (κ3) is 4.30. The fourth-order valence-corrected chi connectivity index (χ4v) is 4.77. The van der Waals surface area contributed by atoms with Gasteiger partial charge in [-0.1, -0.05) is 0 Å². The first kappa shape index (κ1) is 22.5. The molecule has 2 N–H and O–H groups in total. The second-order valence-electron chi connectivity index (χ2n) is 8.85. The number of alkyl halides is 2. The summed E-state index contributed by atoms with van der Waals surface area (Å²) in [5.74, 6) is -2.42. The minimum atomic E-state index is -2.64. The van der Waals surface area contributed by atoms with Gasteiger partial charge in [-0.3, -0.25) is 9.59 Å². The summed E-state index contributed by atoms with van der Waals surface area (Å²) < 4.78 is 33.9. The van der Waals surface area contributed by atoms with Crippen LogP contribution in [-0.4, -0.2) is 71.4 Å². The summed E-state index contributed by atoms with van der Waals surface area (Å²) in [4.78, 5) is 29.4. The lowest BCUT2D eigenvalue weighted by molar-refractivity contribution is -0.136. The number of nitrogens with two attached hydrogens (primary N) is 1. The molecule has 0 bridgehead atoms. The largest absolute Gasteiger partial charge is 0.497 e. The zero-order chi connectivity index (χ0) is 23.0. The number of nitrogens with zero attached hydrogens (tertiary/aromatic N) is 3. The molecule has 7 nitrogen and oxygen atoms in total. The summed E-state index contributed by atoms with van der Waals surface area (Å²) in [6, 6.07) is 6.78. The van der Waals surface area contributed by atoms with E-state index in [-0.39, 0.29) is 43.4 Å². The first-order valence-electron chi connectivity index (χ1n) is 11.0. The Kier molecular flexibility index (Phi) is 6.11. The number of benzene rings is 1. The van der Waals surface area contributed by atoms with E-state index in [1.54, 1.807) is 16.9 Å². The highest BCUT2D eigenvalue weighted by Gasteiger charge is 2.40. The number of aromatic nitrogens is 1. The maximum absolute atomic E-state index is 13.4. The molecule has 2 amide bonds. The van der Waals surface area contributed by atoms with Crippen LogP contribution in [0.4, 0.5) is 8.78 Å². The second-order valence-corrected chi connectivity index (χ2v) is 8.85. The molecule has 1 aliphatic carbocycles. The number of piperazine rings is 1. The number of hydrogen-bond acceptors (Lipinski definition) is 4. The number of carbonyl (C=O) groups is 2. The Morgan fingerprint density at radius 3 is 2.34 bits per heavy atom. The van der Waals surface area contributed by atoms with Crippen LogP contribution in [0.5, 0.6) is 5.75 Å². The van der Waals surface area contributed by atoms with E-state index in [1.165, 1.54) is 0 Å². The topological polar surface area (TPSA) is 80.8 Å². The summed E-state index contributed by atoms with van der Waals surface area (Å²) >= 11 is 0. The highest BCUT2D eigenvalue weighted by Crippen LogP contribution is 2.37. The standard InChI is InChI=1S/C23H30F2N4O3/c1-27-18-14-17(32-2)4-3-16(18)13-19(27)21(30)28-9-11-29(12-10-28)22(31)20(26)15-5-7-23(24,25)8-6-15/h3-4,13-15,20H,5-12,26H2,1-2H3/t20-/m0/s1. The summed E-state index contributed by atoms with van der Waals surface area (Å²) in [5, 5.41) is 0.953. The lowest BCUT2D eigenvalue weighted by Crippen LogP contribution is -2.56. The van der Waals surface area contributed by atoms with Crippen molar-refractivity contribution in [2.75, 3.05) is 33.3 Å². The highest BCUT2D eigenvalue weighted by atomic mass is 19.3. The van der Waals surface area contributed by atoms with Crippen molar-refractivity contribution in [3.05, 3.63) is 30.0 Å². The number of halogens is 2. The van der Waals surface area contributed by atoms with Crippen molar-refractivity contribution >= 4 is 22.7 Å². The van der Waals surface area contributed by atoms with Gasteiger partial charge >= 0.3 is 0 Å². The minimum absolute atomic E-state index is 0.0893. The van der Waals surface area contributed by atoms with Gasteiger partial charge in [0, 0.05) is 57.5 Å². The minimum Gasteiger partial charge on any atom is -0.497 e. The van der Waals surface area contributed by atoms with Gasteiger partial charge < -0.3 is 24.8 Å². The molecular weight excluding hydrogens is 418 g/mol. The van der Waals surface area contributed by atoms with E-state index in [1.807, 2.05) is 35.9 Å². The van der Waals surface area contributed by atoms with Crippen molar-refractivity contribution in [2.45, 2.75) is 37.6 Å². The molecule has 2 heterocycles. The van der Waals surface area contributed by atoms with Crippen molar-refractivity contribution in [1.29, 1.82) is 0 Å². The fraction of sp³-hybridized carbons (Fsp3) is 0.565. The van der Waals surface area contributed by atoms with Crippen molar-refractivity contribution in [3.8, 4) is 5.75 Å². The first-order valence-corrected chi connectivity index (χ1v) is 11.0. The van der Waals surface area contributed by atoms with E-state index >= 15 is 0 Å². The Morgan fingerprint density at radius 1 is 1.09 bits per heavy atom. The SMILES string of the molecule is COc1ccc2cc(C(=O)N3CCN(C(=O)[C@@H](N)C4CCC(F)(F)CC4)CC3)n(C)c2c1. The van der Waals surface area contributed by atoms with Gasteiger partial charge in [0.15, 0.2) is 0 Å². The quantitative estimate of drug-likeness (QED) is 0.780. The molecule has 1 aromatic heterocycles. The van der Waals surface area contributed by atoms with Gasteiger partial charge in [-0.25, -0.2) is 8.78 Å². The van der Waals surface area contributed by atoms with Crippen molar-refractivity contribution < 1.29 is 23.1 Å². The number of methoxy groups -OCH3 is 1. The van der Waals surface area contributed by atoms with Crippen LogP contribution in [0.15, 0.2) is 24.3 Å². The average Bonchev–Trinajstić information content (AvgIpc) is 3.13. The molecule has 1 saturated carbocycles. The van der Waals surface area contributed by atoms with Crippen LogP contribution in [0, 0.1) is 5.92 Å². The van der Waals surface area contributed by atoms with E-state index < -0.39 is 12.0 Å². The highest BCUT2D eigenvalue weighted by molar-refractivity contribution is 5.99. The zero-order valence-electron chi connectivity index (χ0n) is 18.5. The van der Waals surface area contributed by atoms with Gasteiger partial charge in [-0.05, 0) is 37.0 Å². The van der Waals surface area contributed by atoms with Crippen LogP contribution >= 0.6 is 0 Å². The van der Waals surface area contributed by atoms with E-state index in [9.17, 15) is 18.4 Å². The van der Waals surface area contributed by atoms with Crippen LogP contribution in [0.3, 0.4) is 0 Å². The smallest absolute Gasteiger partial charge is 0.270 e. The van der Waals surface area contributed by atoms with Gasteiger partial charge in [0.25, 0.3) is 5.91 Å². The van der Waals surface area contributed by atoms with Crippen LogP contribution in [-0.2, 0) is 11.8 Å². The Bertz CT molecular complexity index is 1000. The molecule has 1 aliphatic heterocycles. The number of rotatable bonds is 4. The number of ether oxygens (including phenoxy) is 1. The van der Waals surface area contributed by atoms with Gasteiger partial charge in [0.1, 0.15) is 11.4 Å². The van der Waals surface area contributed by atoms with Gasteiger partial charge in [-0.2, -0.15) is 0 Å². The molecule has 9 heteroatoms. The molecule has 0 radical (unpaired) electrons. The van der Waals surface area contributed by atoms with E-state index in [0.29, 0.717) is 31.9 Å². The normalized spacial score (nSPS) is 20.4. The predicted octanol–water partition coefficient (Wildman–Crippen LogP) is 2.62. The summed E-state index contributed by atoms with van der Waals surface area (Å²) in [6.45, 7) is 1.59. The Morgan fingerprint density at radius 2 is 1.72 bits per heavy atom. The molecule has 1 saturated heterocycles. The van der Waals surface area contributed by atoms with Crippen molar-refractivity contribution in [2.24, 2.45) is 18.7 Å². The molecular formula is C23H30F2N4O3. The maximum atomic E-state index is 13.4. The zero-order valence-corrected chi connectivity index (χ0v) is 18.5. The average molecular weight is 449 g/mol. The Hall–Kier alpha value is -2.68. The van der Waals surface area contributed by atoms with E-state index in [0.717, 1.165) is 16.7 Å². The molecule has 1 atom stereocenters. The number of carbonyl (C=O) groups excluding carboxylic acids is 2. The van der Waals surface area contributed by atoms with E-state index in [4.69, 9.17) is 10.5 Å². The fourth-order valence-electron chi connectivity index (χ4n) is 4.77. The predicted molar refractivity (Wildman–Crippen MR) is 117 cm³/mol. The molecule has 0 unspecified atom stereocenters. The number of amides is 2. The van der Waals surface area contributed by atoms with Crippen LogP contribution < -0.4 is 10.5 Å². The molecule has 2 fully saturated rings. The summed E-state index contributed by atoms with van der Waals surface area (Å²) in [7, 11) is 3.45. The first-order chi connectivity index (χ1) is 15.2. The molecule has 4 rings (SSSR count).